The third-order valence-corrected chi connectivity index (χ3v) is 7.25. The molecule has 2 aromatic heterocycles. The number of carboxylic acid groups (broad SMARTS) is 1. The van der Waals surface area contributed by atoms with Gasteiger partial charge in [0.1, 0.15) is 17.2 Å². The number of hydrogen-bond donors (Lipinski definition) is 1. The molecule has 0 aliphatic carbocycles. The predicted octanol–water partition coefficient (Wildman–Crippen LogP) is 3.28. The van der Waals surface area contributed by atoms with E-state index in [4.69, 9.17) is 9.84 Å². The summed E-state index contributed by atoms with van der Waals surface area (Å²) in [5, 5.41) is 30.3. The summed E-state index contributed by atoms with van der Waals surface area (Å²) in [5.74, 6) is -0.254. The molecule has 1 spiro atoms. The first-order chi connectivity index (χ1) is 17.5. The number of tetrazole rings is 1. The van der Waals surface area contributed by atoms with Crippen molar-refractivity contribution in [3.8, 4) is 16.6 Å². The Morgan fingerprint density at radius 3 is 2.64 bits per heavy atom. The number of carbonyl (C=O) groups is 1. The minimum absolute atomic E-state index is 0.243. The van der Waals surface area contributed by atoms with Crippen molar-refractivity contribution < 1.29 is 19.0 Å². The van der Waals surface area contributed by atoms with Crippen molar-refractivity contribution in [2.24, 2.45) is 0 Å². The average molecular weight is 506 g/mol. The van der Waals surface area contributed by atoms with Gasteiger partial charge in [-0.05, 0) is 40.6 Å². The molecule has 1 saturated heterocycles. The molecule has 4 aromatic rings. The molecular weight excluding hydrogens is 485 g/mol. The van der Waals surface area contributed by atoms with Gasteiger partial charge in [0, 0.05) is 31.5 Å². The second kappa shape index (κ2) is 8.79. The van der Waals surface area contributed by atoms with E-state index >= 15 is 0 Å². The fourth-order valence-electron chi connectivity index (χ4n) is 4.51. The molecule has 0 radical (unpaired) electrons. The SMILES string of the molecule is O=C(O)Cn1nnc(-c2nnc(N3CCC4(C=C(c5ccc(F)cc5)c5ccccc5O4)CC3)s2)n1. The lowest BCUT2D eigenvalue weighted by Crippen LogP contribution is -2.48. The Labute approximate surface area is 208 Å². The summed E-state index contributed by atoms with van der Waals surface area (Å²) < 4.78 is 20.1. The van der Waals surface area contributed by atoms with Crippen LogP contribution in [0.25, 0.3) is 16.4 Å². The lowest BCUT2D eigenvalue weighted by molar-refractivity contribution is -0.138. The summed E-state index contributed by atoms with van der Waals surface area (Å²) in [6.07, 6.45) is 3.64. The van der Waals surface area contributed by atoms with Gasteiger partial charge in [-0.2, -0.15) is 4.80 Å². The van der Waals surface area contributed by atoms with E-state index in [1.165, 1.54) is 23.5 Å². The number of rotatable bonds is 5. The highest BCUT2D eigenvalue weighted by molar-refractivity contribution is 7.18. The van der Waals surface area contributed by atoms with Crippen LogP contribution in [0.1, 0.15) is 24.0 Å². The summed E-state index contributed by atoms with van der Waals surface area (Å²) in [6.45, 7) is 1.02. The van der Waals surface area contributed by atoms with Gasteiger partial charge in [0.05, 0.1) is 0 Å². The van der Waals surface area contributed by atoms with Crippen molar-refractivity contribution in [1.82, 2.24) is 30.4 Å². The minimum atomic E-state index is -1.05. The maximum Gasteiger partial charge on any atom is 0.327 e. The molecular formula is C24H20FN7O3S. The van der Waals surface area contributed by atoms with E-state index in [0.717, 1.165) is 45.2 Å². The summed E-state index contributed by atoms with van der Waals surface area (Å²) in [7, 11) is 0. The molecule has 0 amide bonds. The average Bonchev–Trinajstić information content (AvgIpc) is 3.54. The molecule has 10 nitrogen and oxygen atoms in total. The number of piperidine rings is 1. The van der Waals surface area contributed by atoms with E-state index in [1.807, 2.05) is 24.3 Å². The van der Waals surface area contributed by atoms with Crippen LogP contribution in [0.5, 0.6) is 5.75 Å². The fourth-order valence-corrected chi connectivity index (χ4v) is 5.33. The van der Waals surface area contributed by atoms with E-state index < -0.39 is 11.6 Å². The number of carboxylic acids is 1. The van der Waals surface area contributed by atoms with Gasteiger partial charge >= 0.3 is 5.97 Å². The van der Waals surface area contributed by atoms with Crippen molar-refractivity contribution in [3.63, 3.8) is 0 Å². The van der Waals surface area contributed by atoms with Gasteiger partial charge in [0.25, 0.3) is 0 Å². The fraction of sp³-hybridized carbons (Fsp3) is 0.250. The van der Waals surface area contributed by atoms with Crippen LogP contribution in [0.3, 0.4) is 0 Å². The van der Waals surface area contributed by atoms with Crippen molar-refractivity contribution in [2.45, 2.75) is 25.0 Å². The number of para-hydroxylation sites is 1. The van der Waals surface area contributed by atoms with Crippen LogP contribution in [0, 0.1) is 5.82 Å². The minimum Gasteiger partial charge on any atom is -0.482 e. The summed E-state index contributed by atoms with van der Waals surface area (Å²) in [6, 6.07) is 14.5. The van der Waals surface area contributed by atoms with E-state index in [2.05, 4.69) is 36.6 Å². The first-order valence-corrected chi connectivity index (χ1v) is 12.2. The monoisotopic (exact) mass is 505 g/mol. The summed E-state index contributed by atoms with van der Waals surface area (Å²) in [4.78, 5) is 14.0. The maximum absolute atomic E-state index is 13.6. The molecule has 0 atom stereocenters. The lowest BCUT2D eigenvalue weighted by atomic mass is 9.83. The van der Waals surface area contributed by atoms with Crippen molar-refractivity contribution in [2.75, 3.05) is 18.0 Å². The Balaban J connectivity index is 1.22. The van der Waals surface area contributed by atoms with Crippen molar-refractivity contribution >= 4 is 28.0 Å². The number of hydrogen-bond acceptors (Lipinski definition) is 9. The second-order valence-corrected chi connectivity index (χ2v) is 9.60. The highest BCUT2D eigenvalue weighted by Gasteiger charge is 2.39. The van der Waals surface area contributed by atoms with Gasteiger partial charge in [0.15, 0.2) is 11.6 Å². The first-order valence-electron chi connectivity index (χ1n) is 11.3. The molecule has 12 heteroatoms. The maximum atomic E-state index is 13.6. The van der Waals surface area contributed by atoms with Crippen molar-refractivity contribution in [1.29, 1.82) is 0 Å². The first kappa shape index (κ1) is 22.3. The molecule has 1 N–H and O–H groups in total. The number of benzene rings is 2. The number of fused-ring (bicyclic) bond motifs is 1. The lowest BCUT2D eigenvalue weighted by Gasteiger charge is -2.43. The third kappa shape index (κ3) is 4.19. The smallest absolute Gasteiger partial charge is 0.327 e. The number of ether oxygens (including phenoxy) is 1. The molecule has 2 aliphatic heterocycles. The summed E-state index contributed by atoms with van der Waals surface area (Å²) >= 11 is 1.33. The van der Waals surface area contributed by atoms with Gasteiger partial charge in [-0.1, -0.05) is 41.7 Å². The Morgan fingerprint density at radius 1 is 1.08 bits per heavy atom. The van der Waals surface area contributed by atoms with Gasteiger partial charge in [-0.3, -0.25) is 4.79 Å². The van der Waals surface area contributed by atoms with E-state index in [1.54, 1.807) is 12.1 Å². The van der Waals surface area contributed by atoms with Crippen LogP contribution in [-0.2, 0) is 11.3 Å². The van der Waals surface area contributed by atoms with Crippen LogP contribution >= 0.6 is 11.3 Å². The molecule has 2 aromatic carbocycles. The predicted molar refractivity (Wildman–Crippen MR) is 129 cm³/mol. The van der Waals surface area contributed by atoms with Crippen LogP contribution < -0.4 is 9.64 Å². The van der Waals surface area contributed by atoms with E-state index in [0.29, 0.717) is 18.1 Å². The number of aliphatic carboxylic acids is 1. The van der Waals surface area contributed by atoms with Crippen LogP contribution in [0.2, 0.25) is 0 Å². The molecule has 36 heavy (non-hydrogen) atoms. The number of anilines is 1. The Morgan fingerprint density at radius 2 is 1.86 bits per heavy atom. The Bertz CT molecular complexity index is 1460. The zero-order valence-electron chi connectivity index (χ0n) is 18.9. The van der Waals surface area contributed by atoms with E-state index in [9.17, 15) is 9.18 Å². The zero-order valence-corrected chi connectivity index (χ0v) is 19.7. The molecule has 6 rings (SSSR count). The van der Waals surface area contributed by atoms with Crippen LogP contribution in [0.15, 0.2) is 54.6 Å². The molecule has 0 unspecified atom stereocenters. The highest BCUT2D eigenvalue weighted by Crippen LogP contribution is 2.44. The van der Waals surface area contributed by atoms with Crippen LogP contribution in [-0.4, -0.2) is 60.2 Å². The Hall–Kier alpha value is -4.19. The third-order valence-electron chi connectivity index (χ3n) is 6.27. The van der Waals surface area contributed by atoms with Gasteiger partial charge in [-0.15, -0.1) is 20.4 Å². The second-order valence-electron chi connectivity index (χ2n) is 8.64. The zero-order chi connectivity index (χ0) is 24.7. The molecule has 4 heterocycles. The number of nitrogens with zero attached hydrogens (tertiary/aromatic N) is 7. The number of aromatic nitrogens is 6. The van der Waals surface area contributed by atoms with Gasteiger partial charge in [-0.25, -0.2) is 4.39 Å². The topological polar surface area (TPSA) is 119 Å². The van der Waals surface area contributed by atoms with Crippen LogP contribution in [0.4, 0.5) is 9.52 Å². The molecule has 0 saturated carbocycles. The normalized spacial score (nSPS) is 16.4. The highest BCUT2D eigenvalue weighted by atomic mass is 32.1. The number of halogens is 1. The Kier molecular flexibility index (Phi) is 5.44. The van der Waals surface area contributed by atoms with E-state index in [-0.39, 0.29) is 18.2 Å². The standard InChI is InChI=1S/C24H20FN7O3S/c25-16-7-5-15(6-8-16)18-13-24(35-19-4-2-1-3-17(18)19)9-11-31(12-10-24)23-28-27-22(36-23)21-26-30-32(29-21)14-20(33)34/h1-8,13H,9-12,14H2,(H,33,34). The molecule has 182 valence electrons. The summed E-state index contributed by atoms with van der Waals surface area (Å²) in [5.41, 5.74) is 2.50. The molecule has 1 fully saturated rings. The van der Waals surface area contributed by atoms with Crippen molar-refractivity contribution in [3.05, 3.63) is 71.6 Å². The molecule has 0 bridgehead atoms. The molecule has 2 aliphatic rings. The van der Waals surface area contributed by atoms with Gasteiger partial charge < -0.3 is 14.7 Å². The largest absolute Gasteiger partial charge is 0.482 e. The van der Waals surface area contributed by atoms with Gasteiger partial charge in [0.2, 0.25) is 11.0 Å². The quantitative estimate of drug-likeness (QED) is 0.436.